The largest absolute Gasteiger partial charge is 0.314 e. The number of nitrogens with zero attached hydrogens (tertiary/aromatic N) is 1. The first-order valence-corrected chi connectivity index (χ1v) is 9.00. The molecule has 0 aliphatic carbocycles. The third-order valence-electron chi connectivity index (χ3n) is 4.65. The number of piperazine rings is 1. The number of nitrogens with one attached hydrogen (secondary N) is 1. The number of hydrogen-bond acceptors (Lipinski definition) is 2. The van der Waals surface area contributed by atoms with Crippen LogP contribution in [0.25, 0.3) is 0 Å². The van der Waals surface area contributed by atoms with Crippen molar-refractivity contribution < 1.29 is 0 Å². The van der Waals surface area contributed by atoms with E-state index >= 15 is 0 Å². The molecule has 1 fully saturated rings. The summed E-state index contributed by atoms with van der Waals surface area (Å²) in [5, 5.41) is 3.56. The van der Waals surface area contributed by atoms with Crippen LogP contribution in [0.15, 0.2) is 0 Å². The Morgan fingerprint density at radius 3 is 2.15 bits per heavy atom. The van der Waals surface area contributed by atoms with Crippen molar-refractivity contribution in [2.24, 2.45) is 5.41 Å². The molecular formula is C18H38N2. The zero-order valence-electron chi connectivity index (χ0n) is 14.5. The highest BCUT2D eigenvalue weighted by molar-refractivity contribution is 4.88. The van der Waals surface area contributed by atoms with E-state index < -0.39 is 0 Å². The summed E-state index contributed by atoms with van der Waals surface area (Å²) in [4.78, 5) is 2.73. The molecule has 20 heavy (non-hydrogen) atoms. The fourth-order valence-corrected chi connectivity index (χ4v) is 3.32. The maximum Gasteiger partial charge on any atom is 0.0269 e. The Labute approximate surface area is 127 Å². The van der Waals surface area contributed by atoms with Crippen molar-refractivity contribution in [3.05, 3.63) is 0 Å². The average Bonchev–Trinajstić information content (AvgIpc) is 2.41. The lowest BCUT2D eigenvalue weighted by Gasteiger charge is -2.43. The molecule has 0 aromatic rings. The number of hydrogen-bond donors (Lipinski definition) is 1. The highest BCUT2D eigenvalue weighted by atomic mass is 15.2. The minimum absolute atomic E-state index is 0.396. The lowest BCUT2D eigenvalue weighted by molar-refractivity contribution is 0.0738. The maximum atomic E-state index is 3.56. The van der Waals surface area contributed by atoms with E-state index in [0.717, 1.165) is 0 Å². The van der Waals surface area contributed by atoms with Gasteiger partial charge in [0.1, 0.15) is 0 Å². The molecule has 0 radical (unpaired) electrons. The quantitative estimate of drug-likeness (QED) is 0.629. The van der Waals surface area contributed by atoms with Crippen LogP contribution >= 0.6 is 0 Å². The fraction of sp³-hybridized carbons (Fsp3) is 1.00. The predicted octanol–water partition coefficient (Wildman–Crippen LogP) is 4.45. The number of rotatable bonds is 9. The summed E-state index contributed by atoms with van der Waals surface area (Å²) in [5.74, 6) is 0. The molecule has 1 heterocycles. The summed E-state index contributed by atoms with van der Waals surface area (Å²) in [7, 11) is 0. The maximum absolute atomic E-state index is 3.56. The molecule has 0 saturated carbocycles. The van der Waals surface area contributed by atoms with Gasteiger partial charge in [0, 0.05) is 25.7 Å². The standard InChI is InChI=1S/C18H38N2/c1-5-6-7-8-9-10-11-12-14-20-15-13-19-16-17(20)18(2,3)4/h17,19H,5-16H2,1-4H3. The lowest BCUT2D eigenvalue weighted by atomic mass is 9.84. The molecule has 1 atom stereocenters. The van der Waals surface area contributed by atoms with Crippen LogP contribution in [0, 0.1) is 5.41 Å². The molecule has 1 rings (SSSR count). The summed E-state index contributed by atoms with van der Waals surface area (Å²) < 4.78 is 0. The first-order valence-electron chi connectivity index (χ1n) is 9.00. The van der Waals surface area contributed by atoms with Crippen LogP contribution in [0.1, 0.15) is 79.1 Å². The molecule has 1 saturated heterocycles. The Bertz CT molecular complexity index is 232. The predicted molar refractivity (Wildman–Crippen MR) is 90.3 cm³/mol. The summed E-state index contributed by atoms with van der Waals surface area (Å²) in [6, 6.07) is 0.709. The summed E-state index contributed by atoms with van der Waals surface area (Å²) in [6.07, 6.45) is 11.4. The lowest BCUT2D eigenvalue weighted by Crippen LogP contribution is -2.56. The van der Waals surface area contributed by atoms with Crippen LogP contribution in [-0.4, -0.2) is 37.1 Å². The Morgan fingerprint density at radius 1 is 0.950 bits per heavy atom. The molecule has 1 aliphatic rings. The van der Waals surface area contributed by atoms with E-state index in [1.54, 1.807) is 0 Å². The third-order valence-corrected chi connectivity index (χ3v) is 4.65. The van der Waals surface area contributed by atoms with Gasteiger partial charge in [-0.2, -0.15) is 0 Å². The molecule has 1 N–H and O–H groups in total. The van der Waals surface area contributed by atoms with Gasteiger partial charge in [-0.25, -0.2) is 0 Å². The molecule has 1 aliphatic heterocycles. The number of unbranched alkanes of at least 4 members (excludes halogenated alkanes) is 7. The van der Waals surface area contributed by atoms with Gasteiger partial charge in [0.05, 0.1) is 0 Å². The summed E-state index contributed by atoms with van der Waals surface area (Å²) >= 11 is 0. The van der Waals surface area contributed by atoms with Crippen LogP contribution in [-0.2, 0) is 0 Å². The fourth-order valence-electron chi connectivity index (χ4n) is 3.32. The minimum atomic E-state index is 0.396. The van der Waals surface area contributed by atoms with Crippen molar-refractivity contribution in [2.45, 2.75) is 85.1 Å². The molecule has 0 aromatic heterocycles. The smallest absolute Gasteiger partial charge is 0.0269 e. The Hall–Kier alpha value is -0.0800. The van der Waals surface area contributed by atoms with Gasteiger partial charge in [-0.05, 0) is 18.4 Å². The van der Waals surface area contributed by atoms with E-state index in [0.29, 0.717) is 11.5 Å². The van der Waals surface area contributed by atoms with Crippen molar-refractivity contribution in [1.82, 2.24) is 10.2 Å². The van der Waals surface area contributed by atoms with E-state index in [1.165, 1.54) is 77.5 Å². The topological polar surface area (TPSA) is 15.3 Å². The van der Waals surface area contributed by atoms with Gasteiger partial charge in [0.2, 0.25) is 0 Å². The van der Waals surface area contributed by atoms with Crippen molar-refractivity contribution >= 4 is 0 Å². The SMILES string of the molecule is CCCCCCCCCCN1CCNCC1C(C)(C)C. The van der Waals surface area contributed by atoms with Crippen molar-refractivity contribution in [3.63, 3.8) is 0 Å². The zero-order valence-corrected chi connectivity index (χ0v) is 14.5. The zero-order chi connectivity index (χ0) is 14.8. The molecule has 2 heteroatoms. The molecule has 0 amide bonds. The molecular weight excluding hydrogens is 244 g/mol. The van der Waals surface area contributed by atoms with Crippen LogP contribution in [0.3, 0.4) is 0 Å². The molecule has 1 unspecified atom stereocenters. The van der Waals surface area contributed by atoms with Crippen molar-refractivity contribution in [3.8, 4) is 0 Å². The average molecular weight is 283 g/mol. The van der Waals surface area contributed by atoms with E-state index in [1.807, 2.05) is 0 Å². The van der Waals surface area contributed by atoms with E-state index in [4.69, 9.17) is 0 Å². The Kier molecular flexibility index (Phi) is 8.79. The normalized spacial score (nSPS) is 21.3. The highest BCUT2D eigenvalue weighted by Gasteiger charge is 2.31. The third kappa shape index (κ3) is 7.08. The second-order valence-electron chi connectivity index (χ2n) is 7.60. The van der Waals surface area contributed by atoms with Crippen LogP contribution in [0.5, 0.6) is 0 Å². The first kappa shape index (κ1) is 18.0. The molecule has 2 nitrogen and oxygen atoms in total. The minimum Gasteiger partial charge on any atom is -0.314 e. The van der Waals surface area contributed by atoms with Gasteiger partial charge in [0.25, 0.3) is 0 Å². The molecule has 0 aromatic carbocycles. The van der Waals surface area contributed by atoms with E-state index in [-0.39, 0.29) is 0 Å². The van der Waals surface area contributed by atoms with Gasteiger partial charge in [-0.1, -0.05) is 72.6 Å². The van der Waals surface area contributed by atoms with Crippen LogP contribution in [0.2, 0.25) is 0 Å². The molecule has 0 spiro atoms. The van der Waals surface area contributed by atoms with Crippen LogP contribution in [0.4, 0.5) is 0 Å². The second-order valence-corrected chi connectivity index (χ2v) is 7.60. The molecule has 120 valence electrons. The molecule has 0 bridgehead atoms. The van der Waals surface area contributed by atoms with Crippen molar-refractivity contribution in [2.75, 3.05) is 26.2 Å². The highest BCUT2D eigenvalue weighted by Crippen LogP contribution is 2.25. The Balaban J connectivity index is 2.10. The van der Waals surface area contributed by atoms with E-state index in [2.05, 4.69) is 37.9 Å². The second kappa shape index (κ2) is 9.78. The monoisotopic (exact) mass is 282 g/mol. The van der Waals surface area contributed by atoms with Gasteiger partial charge in [0.15, 0.2) is 0 Å². The van der Waals surface area contributed by atoms with Gasteiger partial charge in [-0.15, -0.1) is 0 Å². The first-order chi connectivity index (χ1) is 9.55. The van der Waals surface area contributed by atoms with Gasteiger partial charge >= 0.3 is 0 Å². The van der Waals surface area contributed by atoms with Crippen molar-refractivity contribution in [1.29, 1.82) is 0 Å². The summed E-state index contributed by atoms with van der Waals surface area (Å²) in [5.41, 5.74) is 0.396. The van der Waals surface area contributed by atoms with Gasteiger partial charge < -0.3 is 5.32 Å². The van der Waals surface area contributed by atoms with Crippen LogP contribution < -0.4 is 5.32 Å². The van der Waals surface area contributed by atoms with Gasteiger partial charge in [-0.3, -0.25) is 4.90 Å². The Morgan fingerprint density at radius 2 is 1.55 bits per heavy atom. The summed E-state index contributed by atoms with van der Waals surface area (Å²) in [6.45, 7) is 14.3. The van der Waals surface area contributed by atoms with E-state index in [9.17, 15) is 0 Å².